The monoisotopic (exact) mass is 210 g/mol. The van der Waals surface area contributed by atoms with Gasteiger partial charge in [0.1, 0.15) is 5.82 Å². The van der Waals surface area contributed by atoms with Gasteiger partial charge in [0.05, 0.1) is 24.5 Å². The summed E-state index contributed by atoms with van der Waals surface area (Å²) in [5, 5.41) is 11.5. The third kappa shape index (κ3) is 1.92. The molecule has 1 aliphatic heterocycles. The SMILES string of the molecule is O=C1CN(CCO)c2cc(F)ccc2N1. The van der Waals surface area contributed by atoms with Crippen molar-refractivity contribution < 1.29 is 14.3 Å². The zero-order valence-corrected chi connectivity index (χ0v) is 8.03. The number of amides is 1. The quantitative estimate of drug-likeness (QED) is 0.750. The molecule has 1 aliphatic rings. The minimum Gasteiger partial charge on any atom is -0.395 e. The van der Waals surface area contributed by atoms with Gasteiger partial charge < -0.3 is 15.3 Å². The molecule has 1 aromatic carbocycles. The summed E-state index contributed by atoms with van der Waals surface area (Å²) in [6.07, 6.45) is 0. The maximum atomic E-state index is 13.0. The minimum atomic E-state index is -0.354. The number of benzene rings is 1. The lowest BCUT2D eigenvalue weighted by atomic mass is 10.2. The van der Waals surface area contributed by atoms with Crippen molar-refractivity contribution in [3.05, 3.63) is 24.0 Å². The van der Waals surface area contributed by atoms with Gasteiger partial charge in [-0.3, -0.25) is 4.79 Å². The van der Waals surface area contributed by atoms with E-state index >= 15 is 0 Å². The first-order valence-electron chi connectivity index (χ1n) is 4.66. The van der Waals surface area contributed by atoms with Crippen LogP contribution in [0.5, 0.6) is 0 Å². The Hall–Kier alpha value is -1.62. The molecule has 0 saturated carbocycles. The molecule has 1 heterocycles. The van der Waals surface area contributed by atoms with E-state index in [1.807, 2.05) is 0 Å². The minimum absolute atomic E-state index is 0.0662. The van der Waals surface area contributed by atoms with Gasteiger partial charge in [-0.2, -0.15) is 0 Å². The topological polar surface area (TPSA) is 52.6 Å². The van der Waals surface area contributed by atoms with Gasteiger partial charge >= 0.3 is 0 Å². The number of nitrogens with one attached hydrogen (secondary N) is 1. The number of rotatable bonds is 2. The molecule has 0 aromatic heterocycles. The van der Waals surface area contributed by atoms with Gasteiger partial charge in [-0.25, -0.2) is 4.39 Å². The van der Waals surface area contributed by atoms with Gasteiger partial charge in [0, 0.05) is 6.54 Å². The lowest BCUT2D eigenvalue weighted by Crippen LogP contribution is -2.39. The molecular formula is C10H11FN2O2. The second-order valence-corrected chi connectivity index (χ2v) is 3.35. The maximum Gasteiger partial charge on any atom is 0.243 e. The summed E-state index contributed by atoms with van der Waals surface area (Å²) >= 11 is 0. The summed E-state index contributed by atoms with van der Waals surface area (Å²) in [5.41, 5.74) is 1.20. The maximum absolute atomic E-state index is 13.0. The van der Waals surface area contributed by atoms with Crippen molar-refractivity contribution in [2.75, 3.05) is 29.9 Å². The van der Waals surface area contributed by atoms with Crippen molar-refractivity contribution in [3.8, 4) is 0 Å². The van der Waals surface area contributed by atoms with Crippen molar-refractivity contribution in [3.63, 3.8) is 0 Å². The lowest BCUT2D eigenvalue weighted by molar-refractivity contribution is -0.115. The number of fused-ring (bicyclic) bond motifs is 1. The standard InChI is InChI=1S/C10H11FN2O2/c11-7-1-2-8-9(5-7)13(3-4-14)6-10(15)12-8/h1-2,5,14H,3-4,6H2,(H,12,15). The van der Waals surface area contributed by atoms with Crippen LogP contribution in [-0.4, -0.2) is 30.7 Å². The third-order valence-electron chi connectivity index (χ3n) is 2.28. The number of carbonyl (C=O) groups is 1. The van der Waals surface area contributed by atoms with Crippen molar-refractivity contribution in [1.29, 1.82) is 0 Å². The molecule has 0 atom stereocenters. The van der Waals surface area contributed by atoms with Gasteiger partial charge in [0.15, 0.2) is 0 Å². The third-order valence-corrected chi connectivity index (χ3v) is 2.28. The van der Waals surface area contributed by atoms with E-state index < -0.39 is 0 Å². The first-order chi connectivity index (χ1) is 7.20. The number of halogens is 1. The Morgan fingerprint density at radius 1 is 1.53 bits per heavy atom. The van der Waals surface area contributed by atoms with Gasteiger partial charge in [0.2, 0.25) is 5.91 Å². The average molecular weight is 210 g/mol. The van der Waals surface area contributed by atoms with E-state index in [9.17, 15) is 9.18 Å². The first kappa shape index (κ1) is 9.92. The van der Waals surface area contributed by atoms with Crippen molar-refractivity contribution in [2.45, 2.75) is 0 Å². The van der Waals surface area contributed by atoms with E-state index in [0.717, 1.165) is 0 Å². The van der Waals surface area contributed by atoms with Crippen LogP contribution in [0, 0.1) is 5.82 Å². The molecule has 0 bridgehead atoms. The highest BCUT2D eigenvalue weighted by Crippen LogP contribution is 2.29. The van der Waals surface area contributed by atoms with E-state index in [-0.39, 0.29) is 24.9 Å². The normalized spacial score (nSPS) is 14.8. The Bertz CT molecular complexity index is 395. The molecule has 2 N–H and O–H groups in total. The Morgan fingerprint density at radius 3 is 3.07 bits per heavy atom. The van der Waals surface area contributed by atoms with Crippen LogP contribution in [0.2, 0.25) is 0 Å². The molecule has 1 amide bonds. The number of β-amino-alcohol motifs (C(OH)–C–C–N with tert-alkyl or cyclic N) is 1. The second kappa shape index (κ2) is 3.86. The summed E-state index contributed by atoms with van der Waals surface area (Å²) in [6.45, 7) is 0.407. The first-order valence-corrected chi connectivity index (χ1v) is 4.66. The van der Waals surface area contributed by atoms with Gasteiger partial charge in [-0.1, -0.05) is 0 Å². The van der Waals surface area contributed by atoms with Crippen LogP contribution < -0.4 is 10.2 Å². The van der Waals surface area contributed by atoms with E-state index in [4.69, 9.17) is 5.11 Å². The zero-order chi connectivity index (χ0) is 10.8. The van der Waals surface area contributed by atoms with Crippen LogP contribution in [0.15, 0.2) is 18.2 Å². The molecule has 1 aromatic rings. The van der Waals surface area contributed by atoms with Crippen molar-refractivity contribution in [2.24, 2.45) is 0 Å². The van der Waals surface area contributed by atoms with E-state index in [0.29, 0.717) is 17.9 Å². The summed E-state index contributed by atoms with van der Waals surface area (Å²) in [4.78, 5) is 12.9. The molecule has 4 nitrogen and oxygen atoms in total. The Labute approximate surface area is 86.3 Å². The molecule has 5 heteroatoms. The fourth-order valence-corrected chi connectivity index (χ4v) is 1.64. The van der Waals surface area contributed by atoms with Crippen LogP contribution in [0.4, 0.5) is 15.8 Å². The highest BCUT2D eigenvalue weighted by Gasteiger charge is 2.21. The molecular weight excluding hydrogens is 199 g/mol. The van der Waals surface area contributed by atoms with E-state index in [1.165, 1.54) is 18.2 Å². The predicted octanol–water partition coefficient (Wildman–Crippen LogP) is 0.576. The number of anilines is 2. The smallest absolute Gasteiger partial charge is 0.243 e. The van der Waals surface area contributed by atoms with E-state index in [1.54, 1.807) is 4.90 Å². The number of hydrogen-bond donors (Lipinski definition) is 2. The van der Waals surface area contributed by atoms with Crippen LogP contribution in [0.1, 0.15) is 0 Å². The Kier molecular flexibility index (Phi) is 2.55. The summed E-state index contributed by atoms with van der Waals surface area (Å²) < 4.78 is 13.0. The summed E-state index contributed by atoms with van der Waals surface area (Å²) in [6, 6.07) is 4.16. The Morgan fingerprint density at radius 2 is 2.33 bits per heavy atom. The zero-order valence-electron chi connectivity index (χ0n) is 8.03. The highest BCUT2D eigenvalue weighted by atomic mass is 19.1. The lowest BCUT2D eigenvalue weighted by Gasteiger charge is -2.30. The second-order valence-electron chi connectivity index (χ2n) is 3.35. The van der Waals surface area contributed by atoms with Crippen LogP contribution in [0.25, 0.3) is 0 Å². The summed E-state index contributed by atoms with van der Waals surface area (Å²) in [7, 11) is 0. The predicted molar refractivity (Wildman–Crippen MR) is 54.3 cm³/mol. The molecule has 15 heavy (non-hydrogen) atoms. The number of aliphatic hydroxyl groups excluding tert-OH is 1. The van der Waals surface area contributed by atoms with Gasteiger partial charge in [-0.05, 0) is 18.2 Å². The van der Waals surface area contributed by atoms with E-state index in [2.05, 4.69) is 5.32 Å². The molecule has 0 saturated heterocycles. The van der Waals surface area contributed by atoms with Crippen LogP contribution >= 0.6 is 0 Å². The molecule has 0 spiro atoms. The molecule has 0 fully saturated rings. The van der Waals surface area contributed by atoms with Gasteiger partial charge in [0.25, 0.3) is 0 Å². The fraction of sp³-hybridized carbons (Fsp3) is 0.300. The molecule has 2 rings (SSSR count). The molecule has 80 valence electrons. The molecule has 0 aliphatic carbocycles. The number of aliphatic hydroxyl groups is 1. The largest absolute Gasteiger partial charge is 0.395 e. The van der Waals surface area contributed by atoms with Gasteiger partial charge in [-0.15, -0.1) is 0 Å². The van der Waals surface area contributed by atoms with Crippen LogP contribution in [-0.2, 0) is 4.79 Å². The number of nitrogens with zero attached hydrogens (tertiary/aromatic N) is 1. The average Bonchev–Trinajstić information content (AvgIpc) is 2.19. The summed E-state index contributed by atoms with van der Waals surface area (Å²) in [5.74, 6) is -0.504. The van der Waals surface area contributed by atoms with Crippen molar-refractivity contribution >= 4 is 17.3 Å². The number of hydrogen-bond acceptors (Lipinski definition) is 3. The van der Waals surface area contributed by atoms with Crippen LogP contribution in [0.3, 0.4) is 0 Å². The fourth-order valence-electron chi connectivity index (χ4n) is 1.64. The highest BCUT2D eigenvalue weighted by molar-refractivity contribution is 6.01. The molecule has 0 unspecified atom stereocenters. The molecule has 0 radical (unpaired) electrons. The van der Waals surface area contributed by atoms with Crippen molar-refractivity contribution in [1.82, 2.24) is 0 Å². The number of carbonyl (C=O) groups excluding carboxylic acids is 1. The Balaban J connectivity index is 2.38.